The molecule has 2 fully saturated rings. The largest absolute Gasteiger partial charge is 0.573 e. The molecule has 0 aromatic heterocycles. The molecule has 2 aromatic carbocycles. The average Bonchev–Trinajstić information content (AvgIpc) is 2.96. The third-order valence-corrected chi connectivity index (χ3v) is 9.45. The van der Waals surface area contributed by atoms with Gasteiger partial charge >= 0.3 is 6.36 Å². The molecule has 2 aromatic rings. The summed E-state index contributed by atoms with van der Waals surface area (Å²) in [6.45, 7) is 4.40. The molecule has 0 bridgehead atoms. The molecule has 0 saturated carbocycles. The number of hydrogen-bond donors (Lipinski definition) is 1. The number of hydrogen-bond acceptors (Lipinski definition) is 7. The summed E-state index contributed by atoms with van der Waals surface area (Å²) in [5.74, 6) is -0.460. The molecule has 2 unspecified atom stereocenters. The lowest BCUT2D eigenvalue weighted by Crippen LogP contribution is -2.46. The maximum absolute atomic E-state index is 13.8. The van der Waals surface area contributed by atoms with Crippen LogP contribution in [0, 0.1) is 0 Å². The highest BCUT2D eigenvalue weighted by Gasteiger charge is 2.40. The Kier molecular flexibility index (Phi) is 9.83. The summed E-state index contributed by atoms with van der Waals surface area (Å²) in [6, 6.07) is 11.5. The number of piperidine rings is 1. The van der Waals surface area contributed by atoms with E-state index in [1.54, 1.807) is 25.1 Å². The molecule has 41 heavy (non-hydrogen) atoms. The lowest BCUT2D eigenvalue weighted by Gasteiger charge is -2.34. The van der Waals surface area contributed by atoms with Gasteiger partial charge in [0.1, 0.15) is 17.6 Å². The molecule has 13 heteroatoms. The number of rotatable bonds is 10. The molecular formula is C28H35F3N2O7S. The van der Waals surface area contributed by atoms with Gasteiger partial charge in [0.15, 0.2) is 6.29 Å². The first-order valence-electron chi connectivity index (χ1n) is 13.6. The van der Waals surface area contributed by atoms with E-state index in [4.69, 9.17) is 14.3 Å². The summed E-state index contributed by atoms with van der Waals surface area (Å²) in [6.07, 6.45) is -2.05. The number of carbonyl (C=O) groups is 1. The van der Waals surface area contributed by atoms with Crippen molar-refractivity contribution in [2.24, 2.45) is 0 Å². The Hall–Kier alpha value is -2.87. The number of nitrogens with one attached hydrogen (secondary N) is 1. The van der Waals surface area contributed by atoms with E-state index in [9.17, 15) is 26.4 Å². The number of benzene rings is 2. The Morgan fingerprint density at radius 3 is 2.29 bits per heavy atom. The Morgan fingerprint density at radius 1 is 1.02 bits per heavy atom. The van der Waals surface area contributed by atoms with Crippen LogP contribution in [0.4, 0.5) is 13.2 Å². The van der Waals surface area contributed by atoms with E-state index in [-0.39, 0.29) is 29.8 Å². The smallest absolute Gasteiger partial charge is 0.490 e. The van der Waals surface area contributed by atoms with Gasteiger partial charge in [0.05, 0.1) is 10.3 Å². The quantitative estimate of drug-likeness (QED) is 0.381. The fourth-order valence-corrected chi connectivity index (χ4v) is 6.69. The van der Waals surface area contributed by atoms with E-state index in [1.807, 2.05) is 6.92 Å². The van der Waals surface area contributed by atoms with Gasteiger partial charge in [-0.2, -0.15) is 4.31 Å². The summed E-state index contributed by atoms with van der Waals surface area (Å²) < 4.78 is 81.4. The van der Waals surface area contributed by atoms with E-state index in [2.05, 4.69) is 10.2 Å². The second kappa shape index (κ2) is 13.0. The van der Waals surface area contributed by atoms with Crippen molar-refractivity contribution in [2.75, 3.05) is 19.7 Å². The molecule has 9 nitrogen and oxygen atoms in total. The minimum absolute atomic E-state index is 0.0491. The molecule has 0 spiro atoms. The van der Waals surface area contributed by atoms with Crippen molar-refractivity contribution in [2.45, 2.75) is 81.4 Å². The molecule has 226 valence electrons. The van der Waals surface area contributed by atoms with Crippen molar-refractivity contribution >= 4 is 15.9 Å². The number of nitrogens with zero attached hydrogens (tertiary/aromatic N) is 1. The molecule has 0 aliphatic carbocycles. The van der Waals surface area contributed by atoms with E-state index in [0.717, 1.165) is 25.0 Å². The van der Waals surface area contributed by atoms with Crippen LogP contribution in [0.25, 0.3) is 0 Å². The zero-order valence-electron chi connectivity index (χ0n) is 23.0. The SMILES string of the molecule is CCC(C)(C(=O)NOC1CCCCO1)c1ccccc1S(=O)(=O)N1CCC(Oc2ccc(OC(F)(F)F)cc2)CC1. The number of hydroxylamine groups is 1. The van der Waals surface area contributed by atoms with E-state index in [1.165, 1.54) is 22.5 Å². The number of sulfonamides is 1. The fourth-order valence-electron chi connectivity index (χ4n) is 4.90. The zero-order valence-corrected chi connectivity index (χ0v) is 23.8. The van der Waals surface area contributed by atoms with Crippen LogP contribution >= 0.6 is 0 Å². The van der Waals surface area contributed by atoms with Gasteiger partial charge in [-0.25, -0.2) is 18.7 Å². The molecule has 2 atom stereocenters. The molecule has 2 saturated heterocycles. The molecule has 4 rings (SSSR count). The summed E-state index contributed by atoms with van der Waals surface area (Å²) >= 11 is 0. The number of alkyl halides is 3. The average molecular weight is 601 g/mol. The maximum Gasteiger partial charge on any atom is 0.573 e. The monoisotopic (exact) mass is 600 g/mol. The Bertz CT molecular complexity index is 1280. The highest BCUT2D eigenvalue weighted by Crippen LogP contribution is 2.35. The van der Waals surface area contributed by atoms with Gasteiger partial charge in [-0.1, -0.05) is 25.1 Å². The van der Waals surface area contributed by atoms with Gasteiger partial charge in [-0.3, -0.25) is 4.79 Å². The Balaban J connectivity index is 1.42. The van der Waals surface area contributed by atoms with Gasteiger partial charge in [-0.05, 0) is 74.9 Å². The molecule has 2 heterocycles. The maximum atomic E-state index is 13.8. The second-order valence-electron chi connectivity index (χ2n) is 10.3. The molecule has 2 aliphatic rings. The first-order chi connectivity index (χ1) is 19.4. The number of carbonyl (C=O) groups excluding carboxylic acids is 1. The van der Waals surface area contributed by atoms with Gasteiger partial charge in [0, 0.05) is 26.1 Å². The third-order valence-electron chi connectivity index (χ3n) is 7.49. The predicted octanol–water partition coefficient (Wildman–Crippen LogP) is 5.06. The zero-order chi connectivity index (χ0) is 29.7. The van der Waals surface area contributed by atoms with Crippen molar-refractivity contribution in [3.05, 3.63) is 54.1 Å². The van der Waals surface area contributed by atoms with Crippen molar-refractivity contribution < 1.29 is 45.4 Å². The minimum atomic E-state index is -4.78. The molecule has 0 radical (unpaired) electrons. The Labute approximate surface area is 237 Å². The number of halogens is 3. The van der Waals surface area contributed by atoms with Crippen LogP contribution in [-0.4, -0.2) is 57.1 Å². The van der Waals surface area contributed by atoms with Crippen LogP contribution in [0.3, 0.4) is 0 Å². The van der Waals surface area contributed by atoms with Crippen LogP contribution in [0.2, 0.25) is 0 Å². The molecule has 1 amide bonds. The molecule has 1 N–H and O–H groups in total. The molecule has 2 aliphatic heterocycles. The lowest BCUT2D eigenvalue weighted by atomic mass is 9.79. The van der Waals surface area contributed by atoms with Crippen molar-refractivity contribution in [3.8, 4) is 11.5 Å². The topological polar surface area (TPSA) is 103 Å². The summed E-state index contributed by atoms with van der Waals surface area (Å²) in [5, 5.41) is 0. The van der Waals surface area contributed by atoms with Crippen LogP contribution in [-0.2, 0) is 29.8 Å². The first-order valence-corrected chi connectivity index (χ1v) is 15.1. The number of amides is 1. The van der Waals surface area contributed by atoms with Crippen molar-refractivity contribution in [1.82, 2.24) is 9.79 Å². The minimum Gasteiger partial charge on any atom is -0.490 e. The molecular weight excluding hydrogens is 565 g/mol. The van der Waals surface area contributed by atoms with Crippen LogP contribution in [0.1, 0.15) is 57.9 Å². The van der Waals surface area contributed by atoms with Crippen LogP contribution in [0.15, 0.2) is 53.4 Å². The van der Waals surface area contributed by atoms with Crippen LogP contribution in [0.5, 0.6) is 11.5 Å². The van der Waals surface area contributed by atoms with E-state index >= 15 is 0 Å². The van der Waals surface area contributed by atoms with E-state index < -0.39 is 34.0 Å². The third kappa shape index (κ3) is 7.70. The summed E-state index contributed by atoms with van der Waals surface area (Å²) in [5.41, 5.74) is 1.67. The lowest BCUT2D eigenvalue weighted by molar-refractivity contribution is -0.274. The van der Waals surface area contributed by atoms with E-state index in [0.29, 0.717) is 43.6 Å². The predicted molar refractivity (Wildman–Crippen MR) is 142 cm³/mol. The summed E-state index contributed by atoms with van der Waals surface area (Å²) in [7, 11) is -3.96. The standard InChI is InChI=1S/C28H35F3N2O7S/c1-3-27(2,26(34)32-40-25-10-6-7-19-37-25)23-8-4-5-9-24(23)41(35,36)33-17-15-21(16-18-33)38-20-11-13-22(14-12-20)39-28(29,30)31/h4-5,8-9,11-14,21,25H,3,6-7,10,15-19H2,1-2H3,(H,32,34). The Morgan fingerprint density at radius 2 is 1.68 bits per heavy atom. The van der Waals surface area contributed by atoms with Crippen molar-refractivity contribution in [1.29, 1.82) is 0 Å². The fraction of sp³-hybridized carbons (Fsp3) is 0.536. The normalized spacial score (nSPS) is 20.7. The highest BCUT2D eigenvalue weighted by atomic mass is 32.2. The summed E-state index contributed by atoms with van der Waals surface area (Å²) in [4.78, 5) is 18.9. The van der Waals surface area contributed by atoms with Gasteiger partial charge in [-0.15, -0.1) is 13.2 Å². The first kappa shape index (κ1) is 31.1. The van der Waals surface area contributed by atoms with Crippen molar-refractivity contribution in [3.63, 3.8) is 0 Å². The number of ether oxygens (including phenoxy) is 3. The van der Waals surface area contributed by atoms with Gasteiger partial charge < -0.3 is 14.2 Å². The van der Waals surface area contributed by atoms with Gasteiger partial charge in [0.2, 0.25) is 10.0 Å². The highest BCUT2D eigenvalue weighted by molar-refractivity contribution is 7.89. The second-order valence-corrected chi connectivity index (χ2v) is 12.2. The van der Waals surface area contributed by atoms with Crippen LogP contribution < -0.4 is 15.0 Å². The van der Waals surface area contributed by atoms with Gasteiger partial charge in [0.25, 0.3) is 5.91 Å².